The SMILES string of the molecule is C/C(=N\NC(=O)Cc1c[nH]c2ccccc12)c1ccc(Br)cc1. The van der Waals surface area contributed by atoms with Gasteiger partial charge in [0, 0.05) is 21.6 Å². The Balaban J connectivity index is 1.67. The number of carbonyl (C=O) groups is 1. The lowest BCUT2D eigenvalue weighted by Gasteiger charge is -2.03. The van der Waals surface area contributed by atoms with Gasteiger partial charge < -0.3 is 4.98 Å². The number of nitrogens with one attached hydrogen (secondary N) is 2. The molecule has 0 saturated carbocycles. The van der Waals surface area contributed by atoms with Gasteiger partial charge in [-0.05, 0) is 36.2 Å². The van der Waals surface area contributed by atoms with E-state index in [-0.39, 0.29) is 5.91 Å². The molecule has 2 aromatic carbocycles. The van der Waals surface area contributed by atoms with Gasteiger partial charge in [0.15, 0.2) is 0 Å². The molecule has 0 unspecified atom stereocenters. The number of para-hydroxylation sites is 1. The molecule has 0 aliphatic heterocycles. The van der Waals surface area contributed by atoms with Crippen LogP contribution in [0.4, 0.5) is 0 Å². The number of fused-ring (bicyclic) bond motifs is 1. The highest BCUT2D eigenvalue weighted by Gasteiger charge is 2.08. The summed E-state index contributed by atoms with van der Waals surface area (Å²) in [6, 6.07) is 15.7. The third-order valence-electron chi connectivity index (χ3n) is 3.64. The summed E-state index contributed by atoms with van der Waals surface area (Å²) in [5, 5.41) is 5.24. The van der Waals surface area contributed by atoms with Crippen LogP contribution in [0.1, 0.15) is 18.1 Å². The van der Waals surface area contributed by atoms with Gasteiger partial charge in [-0.2, -0.15) is 5.10 Å². The van der Waals surface area contributed by atoms with E-state index >= 15 is 0 Å². The fourth-order valence-electron chi connectivity index (χ4n) is 2.39. The molecule has 23 heavy (non-hydrogen) atoms. The van der Waals surface area contributed by atoms with Crippen molar-refractivity contribution >= 4 is 38.5 Å². The molecular formula is C18H16BrN3O. The number of benzene rings is 2. The zero-order chi connectivity index (χ0) is 16.2. The van der Waals surface area contributed by atoms with Crippen molar-refractivity contribution in [1.29, 1.82) is 0 Å². The van der Waals surface area contributed by atoms with Crippen LogP contribution < -0.4 is 5.43 Å². The first-order valence-corrected chi connectivity index (χ1v) is 8.07. The van der Waals surface area contributed by atoms with Gasteiger partial charge in [0.05, 0.1) is 12.1 Å². The average Bonchev–Trinajstić information content (AvgIpc) is 2.96. The van der Waals surface area contributed by atoms with E-state index in [1.807, 2.05) is 61.7 Å². The van der Waals surface area contributed by atoms with Gasteiger partial charge in [-0.1, -0.05) is 46.3 Å². The maximum Gasteiger partial charge on any atom is 0.244 e. The number of hydrazone groups is 1. The first kappa shape index (κ1) is 15.5. The number of amides is 1. The number of aromatic amines is 1. The molecule has 1 aromatic heterocycles. The molecule has 0 bridgehead atoms. The van der Waals surface area contributed by atoms with Gasteiger partial charge in [-0.15, -0.1) is 0 Å². The summed E-state index contributed by atoms with van der Waals surface area (Å²) in [7, 11) is 0. The quantitative estimate of drug-likeness (QED) is 0.529. The van der Waals surface area contributed by atoms with Crippen LogP contribution in [-0.4, -0.2) is 16.6 Å². The molecule has 0 saturated heterocycles. The Kier molecular flexibility index (Phi) is 4.57. The first-order chi connectivity index (χ1) is 11.1. The molecule has 0 spiro atoms. The van der Waals surface area contributed by atoms with Crippen molar-refractivity contribution in [2.75, 3.05) is 0 Å². The van der Waals surface area contributed by atoms with Gasteiger partial charge >= 0.3 is 0 Å². The number of aromatic nitrogens is 1. The lowest BCUT2D eigenvalue weighted by molar-refractivity contribution is -0.120. The molecule has 1 heterocycles. The van der Waals surface area contributed by atoms with Crippen molar-refractivity contribution in [1.82, 2.24) is 10.4 Å². The minimum absolute atomic E-state index is 0.133. The largest absolute Gasteiger partial charge is 0.361 e. The average molecular weight is 370 g/mol. The Morgan fingerprint density at radius 2 is 1.91 bits per heavy atom. The molecule has 3 aromatic rings. The number of hydrogen-bond acceptors (Lipinski definition) is 2. The monoisotopic (exact) mass is 369 g/mol. The van der Waals surface area contributed by atoms with Crippen LogP contribution in [0.15, 0.2) is 64.3 Å². The molecular weight excluding hydrogens is 354 g/mol. The van der Waals surface area contributed by atoms with Crippen molar-refractivity contribution in [2.45, 2.75) is 13.3 Å². The second kappa shape index (κ2) is 6.79. The molecule has 2 N–H and O–H groups in total. The molecule has 5 heteroatoms. The molecule has 0 radical (unpaired) electrons. The van der Waals surface area contributed by atoms with E-state index < -0.39 is 0 Å². The summed E-state index contributed by atoms with van der Waals surface area (Å²) >= 11 is 3.40. The number of H-pyrrole nitrogens is 1. The third-order valence-corrected chi connectivity index (χ3v) is 4.16. The standard InChI is InChI=1S/C18H16BrN3O/c1-12(13-6-8-15(19)9-7-13)21-22-18(23)10-14-11-20-17-5-3-2-4-16(14)17/h2-9,11,20H,10H2,1H3,(H,22,23)/b21-12+. The molecule has 3 rings (SSSR count). The van der Waals surface area contributed by atoms with Crippen LogP contribution in [0, 0.1) is 0 Å². The van der Waals surface area contributed by atoms with Gasteiger partial charge in [-0.3, -0.25) is 4.79 Å². The number of hydrogen-bond donors (Lipinski definition) is 2. The van der Waals surface area contributed by atoms with Crippen LogP contribution in [0.25, 0.3) is 10.9 Å². The molecule has 0 fully saturated rings. The molecule has 0 atom stereocenters. The molecule has 0 aliphatic carbocycles. The molecule has 4 nitrogen and oxygen atoms in total. The zero-order valence-electron chi connectivity index (χ0n) is 12.6. The maximum absolute atomic E-state index is 12.1. The summed E-state index contributed by atoms with van der Waals surface area (Å²) in [4.78, 5) is 15.3. The molecule has 1 amide bonds. The highest BCUT2D eigenvalue weighted by Crippen LogP contribution is 2.18. The Morgan fingerprint density at radius 1 is 1.17 bits per heavy atom. The fourth-order valence-corrected chi connectivity index (χ4v) is 2.66. The molecule has 116 valence electrons. The van der Waals surface area contributed by atoms with Crippen LogP contribution in [0.5, 0.6) is 0 Å². The smallest absolute Gasteiger partial charge is 0.244 e. The molecule has 0 aliphatic rings. The minimum Gasteiger partial charge on any atom is -0.361 e. The van der Waals surface area contributed by atoms with Crippen molar-refractivity contribution in [3.8, 4) is 0 Å². The van der Waals surface area contributed by atoms with Crippen LogP contribution >= 0.6 is 15.9 Å². The predicted octanol–water partition coefficient (Wildman–Crippen LogP) is 4.01. The summed E-state index contributed by atoms with van der Waals surface area (Å²) < 4.78 is 1.01. The number of carbonyl (C=O) groups excluding carboxylic acids is 1. The maximum atomic E-state index is 12.1. The fraction of sp³-hybridized carbons (Fsp3) is 0.111. The van der Waals surface area contributed by atoms with Crippen molar-refractivity contribution < 1.29 is 4.79 Å². The van der Waals surface area contributed by atoms with Gasteiger partial charge in [0.25, 0.3) is 0 Å². The Morgan fingerprint density at radius 3 is 2.70 bits per heavy atom. The summed E-state index contributed by atoms with van der Waals surface area (Å²) in [5.74, 6) is -0.133. The minimum atomic E-state index is -0.133. The van der Waals surface area contributed by atoms with E-state index in [1.165, 1.54) is 0 Å². The van der Waals surface area contributed by atoms with E-state index in [0.29, 0.717) is 6.42 Å². The highest BCUT2D eigenvalue weighted by atomic mass is 79.9. The summed E-state index contributed by atoms with van der Waals surface area (Å²) in [6.45, 7) is 1.87. The van der Waals surface area contributed by atoms with Crippen molar-refractivity contribution in [3.05, 3.63) is 70.3 Å². The number of rotatable bonds is 4. The lowest BCUT2D eigenvalue weighted by atomic mass is 10.1. The summed E-state index contributed by atoms with van der Waals surface area (Å²) in [6.07, 6.45) is 2.16. The van der Waals surface area contributed by atoms with E-state index in [1.54, 1.807) is 0 Å². The van der Waals surface area contributed by atoms with Crippen LogP contribution in [0.2, 0.25) is 0 Å². The normalized spacial score (nSPS) is 11.7. The van der Waals surface area contributed by atoms with E-state index in [9.17, 15) is 4.79 Å². The van der Waals surface area contributed by atoms with Gasteiger partial charge in [-0.25, -0.2) is 5.43 Å². The lowest BCUT2D eigenvalue weighted by Crippen LogP contribution is -2.21. The number of halogens is 1. The van der Waals surface area contributed by atoms with Gasteiger partial charge in [0.2, 0.25) is 5.91 Å². The Hall–Kier alpha value is -2.40. The second-order valence-electron chi connectivity index (χ2n) is 5.28. The highest BCUT2D eigenvalue weighted by molar-refractivity contribution is 9.10. The second-order valence-corrected chi connectivity index (χ2v) is 6.19. The van der Waals surface area contributed by atoms with Gasteiger partial charge in [0.1, 0.15) is 0 Å². The Labute approximate surface area is 142 Å². The van der Waals surface area contributed by atoms with Crippen LogP contribution in [0.3, 0.4) is 0 Å². The summed E-state index contributed by atoms with van der Waals surface area (Å²) in [5.41, 5.74) is 6.36. The zero-order valence-corrected chi connectivity index (χ0v) is 14.2. The van der Waals surface area contributed by atoms with E-state index in [2.05, 4.69) is 31.4 Å². The topological polar surface area (TPSA) is 57.2 Å². The first-order valence-electron chi connectivity index (χ1n) is 7.27. The van der Waals surface area contributed by atoms with Crippen molar-refractivity contribution in [3.63, 3.8) is 0 Å². The number of nitrogens with zero attached hydrogens (tertiary/aromatic N) is 1. The predicted molar refractivity (Wildman–Crippen MR) is 96.5 cm³/mol. The third kappa shape index (κ3) is 3.68. The van der Waals surface area contributed by atoms with Crippen molar-refractivity contribution in [2.24, 2.45) is 5.10 Å². The Bertz CT molecular complexity index is 865. The van der Waals surface area contributed by atoms with Crippen LogP contribution in [-0.2, 0) is 11.2 Å². The van der Waals surface area contributed by atoms with E-state index in [0.717, 1.165) is 32.2 Å². The van der Waals surface area contributed by atoms with E-state index in [4.69, 9.17) is 0 Å².